The Morgan fingerprint density at radius 2 is 1.95 bits per heavy atom. The molecule has 0 aliphatic rings. The molecule has 6 nitrogen and oxygen atoms in total. The third-order valence-corrected chi connectivity index (χ3v) is 3.62. The highest BCUT2D eigenvalue weighted by Gasteiger charge is 2.15. The first-order valence-corrected chi connectivity index (χ1v) is 6.83. The van der Waals surface area contributed by atoms with Crippen molar-refractivity contribution >= 4 is 23.1 Å². The van der Waals surface area contributed by atoms with Crippen molar-refractivity contribution in [1.29, 1.82) is 0 Å². The number of hydrogen-bond donors (Lipinski definition) is 3. The van der Waals surface area contributed by atoms with Gasteiger partial charge in [0, 0.05) is 7.05 Å². The molecule has 3 rings (SSSR count). The Labute approximate surface area is 127 Å². The lowest BCUT2D eigenvalue weighted by atomic mass is 9.99. The zero-order chi connectivity index (χ0) is 15.7. The second-order valence-corrected chi connectivity index (χ2v) is 5.07. The second kappa shape index (κ2) is 5.50. The number of rotatable bonds is 3. The zero-order valence-electron chi connectivity index (χ0n) is 12.0. The van der Waals surface area contributed by atoms with Crippen molar-refractivity contribution in [3.63, 3.8) is 0 Å². The van der Waals surface area contributed by atoms with Gasteiger partial charge in [-0.25, -0.2) is 9.78 Å². The number of carbonyl (C=O) groups is 1. The van der Waals surface area contributed by atoms with E-state index in [1.165, 1.54) is 7.05 Å². The highest BCUT2D eigenvalue weighted by molar-refractivity contribution is 5.87. The van der Waals surface area contributed by atoms with E-state index in [0.717, 1.165) is 21.5 Å². The minimum Gasteiger partial charge on any atom is -0.465 e. The maximum atomic E-state index is 11.0. The van der Waals surface area contributed by atoms with Crippen LogP contribution in [0.25, 0.3) is 11.0 Å². The van der Waals surface area contributed by atoms with Crippen molar-refractivity contribution < 1.29 is 9.90 Å². The van der Waals surface area contributed by atoms with Crippen LogP contribution in [0.5, 0.6) is 0 Å². The molecule has 6 heteroatoms. The van der Waals surface area contributed by atoms with Gasteiger partial charge in [-0.1, -0.05) is 36.4 Å². The minimum atomic E-state index is -1.07. The number of fused-ring (bicyclic) bond motifs is 1. The number of aromatic nitrogens is 2. The number of aromatic amines is 1. The standard InChI is InChI=1S/C16H16N4O2/c1-20(16(21)22)15-18-12-8-7-11(9-13(12)19-15)14(17)10-5-3-2-4-6-10/h2-9,14H,17H2,1H3,(H,18,19)(H,21,22). The molecule has 0 bridgehead atoms. The van der Waals surface area contributed by atoms with Crippen LogP contribution in [0.15, 0.2) is 48.5 Å². The first-order valence-electron chi connectivity index (χ1n) is 6.83. The summed E-state index contributed by atoms with van der Waals surface area (Å²) in [6, 6.07) is 15.2. The molecule has 0 radical (unpaired) electrons. The van der Waals surface area contributed by atoms with E-state index in [2.05, 4.69) is 9.97 Å². The summed E-state index contributed by atoms with van der Waals surface area (Å²) in [6.07, 6.45) is -1.07. The van der Waals surface area contributed by atoms with Crippen molar-refractivity contribution in [3.8, 4) is 0 Å². The zero-order valence-corrected chi connectivity index (χ0v) is 12.0. The monoisotopic (exact) mass is 296 g/mol. The highest BCUT2D eigenvalue weighted by Crippen LogP contribution is 2.24. The molecule has 0 saturated carbocycles. The molecule has 112 valence electrons. The fourth-order valence-corrected chi connectivity index (χ4v) is 2.31. The molecule has 1 aromatic heterocycles. The van der Waals surface area contributed by atoms with Crippen LogP contribution in [-0.2, 0) is 0 Å². The summed E-state index contributed by atoms with van der Waals surface area (Å²) < 4.78 is 0. The molecular formula is C16H16N4O2. The summed E-state index contributed by atoms with van der Waals surface area (Å²) in [4.78, 5) is 19.3. The lowest BCUT2D eigenvalue weighted by Crippen LogP contribution is -2.24. The third kappa shape index (κ3) is 2.51. The summed E-state index contributed by atoms with van der Waals surface area (Å²) >= 11 is 0. The third-order valence-electron chi connectivity index (χ3n) is 3.62. The van der Waals surface area contributed by atoms with Gasteiger partial charge < -0.3 is 15.8 Å². The molecule has 1 heterocycles. The number of imidazole rings is 1. The van der Waals surface area contributed by atoms with E-state index >= 15 is 0 Å². The molecule has 0 spiro atoms. The lowest BCUT2D eigenvalue weighted by Gasteiger charge is -2.12. The predicted octanol–water partition coefficient (Wildman–Crippen LogP) is 2.73. The molecule has 1 atom stereocenters. The van der Waals surface area contributed by atoms with Crippen LogP contribution in [0.3, 0.4) is 0 Å². The van der Waals surface area contributed by atoms with E-state index in [4.69, 9.17) is 10.8 Å². The topological polar surface area (TPSA) is 95.2 Å². The van der Waals surface area contributed by atoms with Gasteiger partial charge in [-0.2, -0.15) is 0 Å². The number of anilines is 1. The molecule has 0 aliphatic carbocycles. The van der Waals surface area contributed by atoms with Crippen molar-refractivity contribution in [2.45, 2.75) is 6.04 Å². The van der Waals surface area contributed by atoms with Crippen molar-refractivity contribution in [2.24, 2.45) is 5.73 Å². The van der Waals surface area contributed by atoms with E-state index in [9.17, 15) is 4.79 Å². The van der Waals surface area contributed by atoms with Gasteiger partial charge in [0.25, 0.3) is 0 Å². The highest BCUT2D eigenvalue weighted by atomic mass is 16.4. The maximum Gasteiger partial charge on any atom is 0.413 e. The molecule has 22 heavy (non-hydrogen) atoms. The SMILES string of the molecule is CN(C(=O)O)c1nc2ccc(C(N)c3ccccc3)cc2[nH]1. The van der Waals surface area contributed by atoms with E-state index in [1.54, 1.807) is 0 Å². The fraction of sp³-hybridized carbons (Fsp3) is 0.125. The first kappa shape index (κ1) is 14.1. The molecular weight excluding hydrogens is 280 g/mol. The number of H-pyrrole nitrogens is 1. The number of nitrogens with two attached hydrogens (primary N) is 1. The number of amides is 1. The average molecular weight is 296 g/mol. The summed E-state index contributed by atoms with van der Waals surface area (Å²) in [6.45, 7) is 0. The number of nitrogens with one attached hydrogen (secondary N) is 1. The normalized spacial score (nSPS) is 12.3. The minimum absolute atomic E-state index is 0.241. The Morgan fingerprint density at radius 1 is 1.23 bits per heavy atom. The maximum absolute atomic E-state index is 11.0. The van der Waals surface area contributed by atoms with E-state index < -0.39 is 6.09 Å². The van der Waals surface area contributed by atoms with Gasteiger partial charge in [0.15, 0.2) is 0 Å². The molecule has 4 N–H and O–H groups in total. The fourth-order valence-electron chi connectivity index (χ4n) is 2.31. The summed E-state index contributed by atoms with van der Waals surface area (Å²) in [5.74, 6) is 0.285. The van der Waals surface area contributed by atoms with Crippen LogP contribution in [-0.4, -0.2) is 28.2 Å². The van der Waals surface area contributed by atoms with Gasteiger partial charge in [0.05, 0.1) is 17.1 Å². The molecule has 0 aliphatic heterocycles. The van der Waals surface area contributed by atoms with Crippen LogP contribution in [0.2, 0.25) is 0 Å². The first-order chi connectivity index (χ1) is 10.6. The van der Waals surface area contributed by atoms with Gasteiger partial charge in [-0.3, -0.25) is 4.90 Å². The van der Waals surface area contributed by atoms with Gasteiger partial charge in [-0.15, -0.1) is 0 Å². The Morgan fingerprint density at radius 3 is 2.64 bits per heavy atom. The summed E-state index contributed by atoms with van der Waals surface area (Å²) in [5.41, 5.74) is 9.70. The predicted molar refractivity (Wildman–Crippen MR) is 85.0 cm³/mol. The molecule has 0 saturated heterocycles. The van der Waals surface area contributed by atoms with Gasteiger partial charge >= 0.3 is 6.09 Å². The van der Waals surface area contributed by atoms with Gasteiger partial charge in [0.1, 0.15) is 0 Å². The quantitative estimate of drug-likeness (QED) is 0.692. The Hall–Kier alpha value is -2.86. The molecule has 2 aromatic carbocycles. The van der Waals surface area contributed by atoms with E-state index in [-0.39, 0.29) is 12.0 Å². The van der Waals surface area contributed by atoms with E-state index in [0.29, 0.717) is 5.52 Å². The molecule has 3 aromatic rings. The van der Waals surface area contributed by atoms with Crippen LogP contribution in [0.4, 0.5) is 10.7 Å². The number of nitrogens with zero attached hydrogens (tertiary/aromatic N) is 2. The Balaban J connectivity index is 1.98. The van der Waals surface area contributed by atoms with E-state index in [1.807, 2.05) is 48.5 Å². The van der Waals surface area contributed by atoms with Gasteiger partial charge in [-0.05, 0) is 23.3 Å². The van der Waals surface area contributed by atoms with Crippen molar-refractivity contribution in [1.82, 2.24) is 9.97 Å². The lowest BCUT2D eigenvalue weighted by molar-refractivity contribution is 0.203. The van der Waals surface area contributed by atoms with Crippen LogP contribution in [0.1, 0.15) is 17.2 Å². The van der Waals surface area contributed by atoms with Gasteiger partial charge in [0.2, 0.25) is 5.95 Å². The Bertz CT molecular complexity index is 813. The van der Waals surface area contributed by atoms with Crippen LogP contribution in [0, 0.1) is 0 Å². The molecule has 1 unspecified atom stereocenters. The molecule has 0 fully saturated rings. The molecule has 1 amide bonds. The second-order valence-electron chi connectivity index (χ2n) is 5.07. The summed E-state index contributed by atoms with van der Waals surface area (Å²) in [7, 11) is 1.44. The average Bonchev–Trinajstić information content (AvgIpc) is 2.97. The summed E-state index contributed by atoms with van der Waals surface area (Å²) in [5, 5.41) is 9.00. The number of hydrogen-bond acceptors (Lipinski definition) is 3. The van der Waals surface area contributed by atoms with Crippen LogP contribution < -0.4 is 10.6 Å². The smallest absolute Gasteiger partial charge is 0.413 e. The van der Waals surface area contributed by atoms with Crippen molar-refractivity contribution in [2.75, 3.05) is 11.9 Å². The number of carboxylic acid groups (broad SMARTS) is 1. The Kier molecular flexibility index (Phi) is 3.52. The van der Waals surface area contributed by atoms with Crippen LogP contribution >= 0.6 is 0 Å². The largest absolute Gasteiger partial charge is 0.465 e. The number of benzene rings is 2. The van der Waals surface area contributed by atoms with Crippen molar-refractivity contribution in [3.05, 3.63) is 59.7 Å².